The van der Waals surface area contributed by atoms with E-state index in [4.69, 9.17) is 21.1 Å². The zero-order valence-corrected chi connectivity index (χ0v) is 17.2. The van der Waals surface area contributed by atoms with Crippen LogP contribution in [0.4, 0.5) is 0 Å². The molecule has 0 aromatic heterocycles. The highest BCUT2D eigenvalue weighted by molar-refractivity contribution is 6.46. The van der Waals surface area contributed by atoms with Crippen LogP contribution in [0.15, 0.2) is 29.8 Å². The van der Waals surface area contributed by atoms with Crippen LogP contribution < -0.4 is 9.47 Å². The molecular weight excluding hydrogens is 364 g/mol. The van der Waals surface area contributed by atoms with Gasteiger partial charge >= 0.3 is 0 Å². The summed E-state index contributed by atoms with van der Waals surface area (Å²) in [4.78, 5) is 23.1. The zero-order chi connectivity index (χ0) is 19.9. The van der Waals surface area contributed by atoms with Gasteiger partial charge in [-0.05, 0) is 49.8 Å². The van der Waals surface area contributed by atoms with Gasteiger partial charge < -0.3 is 9.47 Å². The third kappa shape index (κ3) is 5.35. The van der Waals surface area contributed by atoms with Crippen LogP contribution in [0.1, 0.15) is 64.9 Å². The van der Waals surface area contributed by atoms with Crippen molar-refractivity contribution in [3.63, 3.8) is 0 Å². The first kappa shape index (κ1) is 21.5. The van der Waals surface area contributed by atoms with Crippen LogP contribution >= 0.6 is 11.6 Å². The number of carbonyl (C=O) groups is 2. The summed E-state index contributed by atoms with van der Waals surface area (Å²) < 4.78 is 10.7. The number of Topliss-reactive ketones (excluding diaryl/α,β-unsaturated/α-hetero) is 2. The predicted molar refractivity (Wildman–Crippen MR) is 108 cm³/mol. The van der Waals surface area contributed by atoms with Gasteiger partial charge in [-0.2, -0.15) is 0 Å². The average molecular weight is 393 g/mol. The summed E-state index contributed by atoms with van der Waals surface area (Å²) in [5.74, 6) is 1.25. The first-order valence-electron chi connectivity index (χ1n) is 9.76. The lowest BCUT2D eigenvalue weighted by molar-refractivity contribution is -0.130. The number of aryl methyl sites for hydroxylation is 1. The van der Waals surface area contributed by atoms with Crippen molar-refractivity contribution >= 4 is 23.2 Å². The van der Waals surface area contributed by atoms with Crippen molar-refractivity contribution in [1.82, 2.24) is 0 Å². The van der Waals surface area contributed by atoms with Gasteiger partial charge in [-0.15, -0.1) is 11.6 Å². The van der Waals surface area contributed by atoms with E-state index in [9.17, 15) is 9.59 Å². The minimum absolute atomic E-state index is 0.174. The van der Waals surface area contributed by atoms with E-state index in [1.54, 1.807) is 13.8 Å². The molecule has 27 heavy (non-hydrogen) atoms. The predicted octanol–water partition coefficient (Wildman–Crippen LogP) is 5.40. The molecule has 148 valence electrons. The Morgan fingerprint density at radius 2 is 1.74 bits per heavy atom. The first-order valence-corrected chi connectivity index (χ1v) is 10.1. The number of benzene rings is 1. The quantitative estimate of drug-likeness (QED) is 0.287. The summed E-state index contributed by atoms with van der Waals surface area (Å²) in [6.45, 7) is 5.88. The Morgan fingerprint density at radius 1 is 1.07 bits per heavy atom. The second kappa shape index (κ2) is 9.93. The Morgan fingerprint density at radius 3 is 2.37 bits per heavy atom. The van der Waals surface area contributed by atoms with Gasteiger partial charge in [0.25, 0.3) is 0 Å². The van der Waals surface area contributed by atoms with Gasteiger partial charge in [-0.1, -0.05) is 38.5 Å². The van der Waals surface area contributed by atoms with Gasteiger partial charge in [0.2, 0.25) is 6.79 Å². The lowest BCUT2D eigenvalue weighted by Gasteiger charge is -2.24. The molecule has 0 saturated heterocycles. The van der Waals surface area contributed by atoms with E-state index in [-0.39, 0.29) is 31.2 Å². The Kier molecular flexibility index (Phi) is 7.91. The lowest BCUT2D eigenvalue weighted by atomic mass is 9.87. The van der Waals surface area contributed by atoms with Crippen LogP contribution in [0.25, 0.3) is 0 Å². The van der Waals surface area contributed by atoms with Crippen molar-refractivity contribution in [3.05, 3.63) is 35.4 Å². The minimum atomic E-state index is -1.37. The average Bonchev–Trinajstić information content (AvgIpc) is 3.16. The molecule has 0 spiro atoms. The summed E-state index contributed by atoms with van der Waals surface area (Å²) in [5.41, 5.74) is 2.42. The van der Waals surface area contributed by atoms with Gasteiger partial charge in [0.05, 0.1) is 0 Å². The van der Waals surface area contributed by atoms with E-state index in [0.29, 0.717) is 12.8 Å². The Bertz CT molecular complexity index is 692. The molecule has 0 bridgehead atoms. The Hall–Kier alpha value is -1.81. The summed E-state index contributed by atoms with van der Waals surface area (Å²) in [6, 6.07) is 6.01. The number of ketones is 2. The topological polar surface area (TPSA) is 52.6 Å². The van der Waals surface area contributed by atoms with Crippen molar-refractivity contribution in [3.8, 4) is 11.5 Å². The van der Waals surface area contributed by atoms with Gasteiger partial charge in [-0.25, -0.2) is 0 Å². The van der Waals surface area contributed by atoms with Crippen molar-refractivity contribution < 1.29 is 19.1 Å². The largest absolute Gasteiger partial charge is 0.454 e. The number of ether oxygens (including phenoxy) is 2. The number of fused-ring (bicyclic) bond motifs is 1. The highest BCUT2D eigenvalue weighted by Gasteiger charge is 2.40. The summed E-state index contributed by atoms with van der Waals surface area (Å²) in [5, 5.41) is 0. The van der Waals surface area contributed by atoms with E-state index < -0.39 is 4.87 Å². The van der Waals surface area contributed by atoms with Gasteiger partial charge in [-0.3, -0.25) is 9.59 Å². The normalized spacial score (nSPS) is 13.7. The minimum Gasteiger partial charge on any atom is -0.454 e. The number of alkyl halides is 1. The molecule has 5 heteroatoms. The molecule has 1 aromatic carbocycles. The van der Waals surface area contributed by atoms with E-state index >= 15 is 0 Å². The fraction of sp³-hybridized carbons (Fsp3) is 0.545. The molecule has 1 aliphatic heterocycles. The van der Waals surface area contributed by atoms with Gasteiger partial charge in [0, 0.05) is 12.8 Å². The molecule has 0 N–H and O–H groups in total. The Labute approximate surface area is 166 Å². The molecule has 4 nitrogen and oxygen atoms in total. The third-order valence-corrected chi connectivity index (χ3v) is 5.68. The maximum absolute atomic E-state index is 12.2. The maximum atomic E-state index is 12.2. The lowest BCUT2D eigenvalue weighted by Crippen LogP contribution is -2.40. The fourth-order valence-electron chi connectivity index (χ4n) is 3.29. The van der Waals surface area contributed by atoms with Crippen LogP contribution in [-0.4, -0.2) is 23.2 Å². The first-order chi connectivity index (χ1) is 12.9. The van der Waals surface area contributed by atoms with Crippen LogP contribution in [0, 0.1) is 0 Å². The molecule has 0 unspecified atom stereocenters. The van der Waals surface area contributed by atoms with Crippen LogP contribution in [0.2, 0.25) is 0 Å². The number of allylic oxidation sites excluding steroid dienone is 2. The molecule has 2 rings (SSSR count). The molecule has 0 aliphatic carbocycles. The molecular formula is C22H29ClO4. The number of carbonyl (C=O) groups excluding carboxylic acids is 2. The second-order valence-corrected chi connectivity index (χ2v) is 7.44. The number of halogens is 1. The van der Waals surface area contributed by atoms with Crippen molar-refractivity contribution in [1.29, 1.82) is 0 Å². The zero-order valence-electron chi connectivity index (χ0n) is 16.5. The molecule has 1 aromatic rings. The molecule has 0 fully saturated rings. The van der Waals surface area contributed by atoms with E-state index in [2.05, 4.69) is 19.1 Å². The number of hydrogen-bond donors (Lipinski definition) is 0. The molecule has 0 radical (unpaired) electrons. The number of rotatable bonds is 11. The highest BCUT2D eigenvalue weighted by atomic mass is 35.5. The van der Waals surface area contributed by atoms with Crippen LogP contribution in [-0.2, 0) is 16.0 Å². The van der Waals surface area contributed by atoms with Gasteiger partial charge in [0.1, 0.15) is 0 Å². The smallest absolute Gasteiger partial charge is 0.231 e. The third-order valence-electron chi connectivity index (χ3n) is 5.07. The summed E-state index contributed by atoms with van der Waals surface area (Å²) in [6.07, 6.45) is 6.48. The molecule has 0 atom stereocenters. The summed E-state index contributed by atoms with van der Waals surface area (Å²) in [7, 11) is 0. The molecule has 1 heterocycles. The van der Waals surface area contributed by atoms with E-state index in [1.165, 1.54) is 11.1 Å². The van der Waals surface area contributed by atoms with Crippen LogP contribution in [0.3, 0.4) is 0 Å². The van der Waals surface area contributed by atoms with E-state index in [1.807, 2.05) is 12.1 Å². The standard InChI is InChI=1S/C22H29ClO4/c1-4-16(12-13-22(23,20(24)5-2)21(25)6-3)8-7-9-17-10-11-18-19(14-17)27-15-26-18/h8,10-11,14H,4-7,9,12-13,15H2,1-3H3. The molecule has 0 saturated carbocycles. The number of hydrogen-bond acceptors (Lipinski definition) is 4. The van der Waals surface area contributed by atoms with Crippen molar-refractivity contribution in [2.75, 3.05) is 6.79 Å². The second-order valence-electron chi connectivity index (χ2n) is 6.80. The highest BCUT2D eigenvalue weighted by Crippen LogP contribution is 2.33. The Balaban J connectivity index is 1.95. The fourth-order valence-corrected chi connectivity index (χ4v) is 3.65. The maximum Gasteiger partial charge on any atom is 0.231 e. The SMILES string of the molecule is CCC(=O)C(Cl)(CCC(=CCCc1ccc2c(c1)OCO2)CC)C(=O)CC. The monoisotopic (exact) mass is 392 g/mol. The van der Waals surface area contributed by atoms with Crippen molar-refractivity contribution in [2.45, 2.75) is 70.6 Å². The van der Waals surface area contributed by atoms with E-state index in [0.717, 1.165) is 30.8 Å². The molecule has 1 aliphatic rings. The molecule has 0 amide bonds. The summed E-state index contributed by atoms with van der Waals surface area (Å²) >= 11 is 6.47. The van der Waals surface area contributed by atoms with Gasteiger partial charge in [0.15, 0.2) is 27.9 Å². The van der Waals surface area contributed by atoms with Crippen LogP contribution in [0.5, 0.6) is 11.5 Å². The van der Waals surface area contributed by atoms with Crippen molar-refractivity contribution in [2.24, 2.45) is 0 Å².